The predicted octanol–water partition coefficient (Wildman–Crippen LogP) is 2.53. The number of para-hydroxylation sites is 1. The molecule has 5 rings (SSSR count). The van der Waals surface area contributed by atoms with Crippen LogP contribution >= 0.6 is 11.6 Å². The van der Waals surface area contributed by atoms with Gasteiger partial charge in [0, 0.05) is 30.8 Å². The molecular formula is C22H24ClN5O2. The molecule has 7 nitrogen and oxygen atoms in total. The van der Waals surface area contributed by atoms with Gasteiger partial charge in [0.15, 0.2) is 0 Å². The summed E-state index contributed by atoms with van der Waals surface area (Å²) in [5, 5.41) is 4.17. The number of likely N-dealkylation sites (N-methyl/N-ethyl adjacent to an activating group) is 1. The highest BCUT2D eigenvalue weighted by Gasteiger charge is 2.56. The van der Waals surface area contributed by atoms with Crippen molar-refractivity contribution in [2.24, 2.45) is 0 Å². The molecule has 156 valence electrons. The number of nitrogens with zero attached hydrogens (tertiary/aromatic N) is 4. The van der Waals surface area contributed by atoms with Gasteiger partial charge in [-0.2, -0.15) is 0 Å². The summed E-state index contributed by atoms with van der Waals surface area (Å²) in [6, 6.07) is 16.8. The molecule has 0 spiro atoms. The summed E-state index contributed by atoms with van der Waals surface area (Å²) in [4.78, 5) is 34.0. The molecule has 8 heteroatoms. The Kier molecular flexibility index (Phi) is 4.89. The third-order valence-corrected chi connectivity index (χ3v) is 6.46. The quantitative estimate of drug-likeness (QED) is 0.818. The second-order valence-corrected chi connectivity index (χ2v) is 8.43. The van der Waals surface area contributed by atoms with Crippen molar-refractivity contribution in [3.63, 3.8) is 0 Å². The van der Waals surface area contributed by atoms with Crippen LogP contribution < -0.4 is 10.2 Å². The number of carbonyl (C=O) groups excluding carboxylic acids is 2. The fraction of sp³-hybridized carbons (Fsp3) is 0.364. The Bertz CT molecular complexity index is 954. The van der Waals surface area contributed by atoms with Crippen molar-refractivity contribution in [3.05, 3.63) is 65.2 Å². The van der Waals surface area contributed by atoms with Crippen LogP contribution in [0.1, 0.15) is 12.0 Å². The van der Waals surface area contributed by atoms with Crippen LogP contribution in [0.4, 0.5) is 10.5 Å². The lowest BCUT2D eigenvalue weighted by Crippen LogP contribution is -2.66. The Labute approximate surface area is 180 Å². The standard InChI is InChI=1S/C22H24ClN5O2/c1-25-19-18(20(29)28(22(25)30)14-15-8-10-16(23)11-9-15)27-13-5-12-26(21(27)24-19)17-6-3-2-4-7-17/h2-4,6-11,18-19,21,24H,5,12-14H2,1H3. The van der Waals surface area contributed by atoms with E-state index in [2.05, 4.69) is 27.2 Å². The molecule has 30 heavy (non-hydrogen) atoms. The van der Waals surface area contributed by atoms with Crippen molar-refractivity contribution in [3.8, 4) is 0 Å². The summed E-state index contributed by atoms with van der Waals surface area (Å²) in [5.41, 5.74) is 1.98. The highest BCUT2D eigenvalue weighted by atomic mass is 35.5. The summed E-state index contributed by atoms with van der Waals surface area (Å²) in [7, 11) is 1.76. The maximum atomic E-state index is 13.5. The molecule has 1 N–H and O–H groups in total. The molecule has 3 saturated heterocycles. The third kappa shape index (κ3) is 3.14. The number of carbonyl (C=O) groups is 2. The predicted molar refractivity (Wildman–Crippen MR) is 115 cm³/mol. The van der Waals surface area contributed by atoms with Crippen LogP contribution in [-0.2, 0) is 11.3 Å². The highest BCUT2D eigenvalue weighted by molar-refractivity contribution is 6.30. The SMILES string of the molecule is CN1C(=O)N(Cc2ccc(Cl)cc2)C(=O)C2C1NC1N(c3ccccc3)CCCN21. The maximum Gasteiger partial charge on any atom is 0.328 e. The Balaban J connectivity index is 1.43. The van der Waals surface area contributed by atoms with E-state index in [0.717, 1.165) is 30.8 Å². The van der Waals surface area contributed by atoms with Crippen LogP contribution in [0.25, 0.3) is 0 Å². The maximum absolute atomic E-state index is 13.5. The van der Waals surface area contributed by atoms with Gasteiger partial charge in [-0.05, 0) is 36.2 Å². The van der Waals surface area contributed by atoms with Gasteiger partial charge in [0.05, 0.1) is 6.54 Å². The second-order valence-electron chi connectivity index (χ2n) is 7.99. The molecule has 3 unspecified atom stereocenters. The van der Waals surface area contributed by atoms with Gasteiger partial charge in [-0.3, -0.25) is 19.9 Å². The number of urea groups is 1. The zero-order valence-corrected chi connectivity index (χ0v) is 17.5. The lowest BCUT2D eigenvalue weighted by molar-refractivity contribution is -0.139. The molecule has 3 aliphatic heterocycles. The van der Waals surface area contributed by atoms with Crippen LogP contribution in [0.15, 0.2) is 54.6 Å². The monoisotopic (exact) mass is 425 g/mol. The van der Waals surface area contributed by atoms with Crippen molar-refractivity contribution in [2.45, 2.75) is 31.5 Å². The van der Waals surface area contributed by atoms with Crippen LogP contribution in [-0.4, -0.2) is 65.3 Å². The number of hydrogen-bond donors (Lipinski definition) is 1. The van der Waals surface area contributed by atoms with Gasteiger partial charge < -0.3 is 9.80 Å². The summed E-state index contributed by atoms with van der Waals surface area (Å²) >= 11 is 5.97. The molecule has 0 aromatic heterocycles. The average molecular weight is 426 g/mol. The molecule has 0 saturated carbocycles. The summed E-state index contributed by atoms with van der Waals surface area (Å²) in [6.45, 7) is 1.95. The molecule has 0 radical (unpaired) electrons. The Morgan fingerprint density at radius 3 is 2.50 bits per heavy atom. The van der Waals surface area contributed by atoms with Crippen molar-refractivity contribution < 1.29 is 9.59 Å². The smallest absolute Gasteiger partial charge is 0.328 e. The van der Waals surface area contributed by atoms with E-state index in [4.69, 9.17) is 11.6 Å². The average Bonchev–Trinajstić information content (AvgIpc) is 3.17. The van der Waals surface area contributed by atoms with Crippen molar-refractivity contribution in [1.29, 1.82) is 0 Å². The number of nitrogens with one attached hydrogen (secondary N) is 1. The number of halogens is 1. The van der Waals surface area contributed by atoms with Gasteiger partial charge in [-0.25, -0.2) is 4.79 Å². The molecule has 3 heterocycles. The third-order valence-electron chi connectivity index (χ3n) is 6.21. The molecule has 2 aromatic carbocycles. The van der Waals surface area contributed by atoms with E-state index in [1.165, 1.54) is 4.90 Å². The van der Waals surface area contributed by atoms with E-state index in [-0.39, 0.29) is 30.9 Å². The van der Waals surface area contributed by atoms with Gasteiger partial charge in [0.1, 0.15) is 18.5 Å². The molecule has 0 aliphatic carbocycles. The lowest BCUT2D eigenvalue weighted by Gasteiger charge is -2.43. The lowest BCUT2D eigenvalue weighted by atomic mass is 10.1. The molecule has 3 fully saturated rings. The first-order chi connectivity index (χ1) is 14.5. The first-order valence-corrected chi connectivity index (χ1v) is 10.6. The molecule has 2 aromatic rings. The number of fused-ring (bicyclic) bond motifs is 3. The van der Waals surface area contributed by atoms with Crippen molar-refractivity contribution in [2.75, 3.05) is 25.0 Å². The number of imide groups is 1. The van der Waals surface area contributed by atoms with Crippen molar-refractivity contribution in [1.82, 2.24) is 20.0 Å². The number of amides is 3. The molecule has 3 atom stereocenters. The first-order valence-electron chi connectivity index (χ1n) is 10.2. The minimum Gasteiger partial charge on any atom is -0.343 e. The molecular weight excluding hydrogens is 402 g/mol. The van der Waals surface area contributed by atoms with Crippen LogP contribution in [0, 0.1) is 0 Å². The summed E-state index contributed by atoms with van der Waals surface area (Å²) in [5.74, 6) is -0.150. The summed E-state index contributed by atoms with van der Waals surface area (Å²) in [6.07, 6.45) is 0.491. The van der Waals surface area contributed by atoms with E-state index in [0.29, 0.717) is 5.02 Å². The van der Waals surface area contributed by atoms with E-state index in [1.54, 1.807) is 24.1 Å². The number of benzene rings is 2. The first kappa shape index (κ1) is 19.4. The van der Waals surface area contributed by atoms with Crippen LogP contribution in [0.3, 0.4) is 0 Å². The normalized spacial score (nSPS) is 26.7. The Hall–Kier alpha value is -2.61. The van der Waals surface area contributed by atoms with Crippen LogP contribution in [0.5, 0.6) is 0 Å². The minimum atomic E-state index is -0.406. The number of anilines is 1. The number of hydrogen-bond acceptors (Lipinski definition) is 5. The van der Waals surface area contributed by atoms with E-state index in [9.17, 15) is 9.59 Å². The van der Waals surface area contributed by atoms with Gasteiger partial charge in [-0.1, -0.05) is 41.9 Å². The highest BCUT2D eigenvalue weighted by Crippen LogP contribution is 2.33. The van der Waals surface area contributed by atoms with E-state index < -0.39 is 6.04 Å². The molecule has 3 amide bonds. The largest absolute Gasteiger partial charge is 0.343 e. The van der Waals surface area contributed by atoms with Crippen molar-refractivity contribution >= 4 is 29.2 Å². The zero-order chi connectivity index (χ0) is 20.8. The zero-order valence-electron chi connectivity index (χ0n) is 16.7. The van der Waals surface area contributed by atoms with Gasteiger partial charge in [-0.15, -0.1) is 0 Å². The Morgan fingerprint density at radius 1 is 1.03 bits per heavy atom. The van der Waals surface area contributed by atoms with Gasteiger partial charge in [0.25, 0.3) is 5.91 Å². The van der Waals surface area contributed by atoms with Gasteiger partial charge in [0.2, 0.25) is 0 Å². The molecule has 0 bridgehead atoms. The topological polar surface area (TPSA) is 59.1 Å². The number of rotatable bonds is 3. The molecule has 3 aliphatic rings. The summed E-state index contributed by atoms with van der Waals surface area (Å²) < 4.78 is 0. The van der Waals surface area contributed by atoms with Gasteiger partial charge >= 0.3 is 6.03 Å². The fourth-order valence-corrected chi connectivity index (χ4v) is 4.85. The Morgan fingerprint density at radius 2 is 1.77 bits per heavy atom. The van der Waals surface area contributed by atoms with E-state index in [1.807, 2.05) is 30.3 Å². The minimum absolute atomic E-state index is 0.120. The second kappa shape index (κ2) is 7.58. The van der Waals surface area contributed by atoms with E-state index >= 15 is 0 Å². The van der Waals surface area contributed by atoms with Crippen LogP contribution in [0.2, 0.25) is 5.02 Å². The fourth-order valence-electron chi connectivity index (χ4n) is 4.72.